The molecule has 0 bridgehead atoms. The van der Waals surface area contributed by atoms with Crippen molar-refractivity contribution in [3.8, 4) is 5.75 Å². The zero-order chi connectivity index (χ0) is 13.0. The van der Waals surface area contributed by atoms with Gasteiger partial charge in [0.25, 0.3) is 0 Å². The van der Waals surface area contributed by atoms with Gasteiger partial charge in [-0.2, -0.15) is 0 Å². The molecule has 3 nitrogen and oxygen atoms in total. The molecule has 0 aliphatic rings. The van der Waals surface area contributed by atoms with Gasteiger partial charge in [0.1, 0.15) is 11.9 Å². The molecule has 3 heteroatoms. The van der Waals surface area contributed by atoms with Crippen LogP contribution in [-0.4, -0.2) is 16.2 Å². The molecular weight excluding hydrogens is 226 g/mol. The number of hydrogen-bond donors (Lipinski definition) is 1. The number of pyridine rings is 1. The Labute approximate surface area is 107 Å². The van der Waals surface area contributed by atoms with Crippen LogP contribution in [0, 0.1) is 0 Å². The molecule has 1 N–H and O–H groups in total. The Hall–Kier alpha value is -1.87. The Kier molecular flexibility index (Phi) is 3.95. The van der Waals surface area contributed by atoms with Crippen LogP contribution in [0.2, 0.25) is 0 Å². The average Bonchev–Trinajstić information content (AvgIpc) is 2.38. The van der Waals surface area contributed by atoms with Crippen LogP contribution < -0.4 is 4.74 Å². The highest BCUT2D eigenvalue weighted by atomic mass is 16.5. The third-order valence-corrected chi connectivity index (χ3v) is 2.57. The molecule has 0 aliphatic carbocycles. The van der Waals surface area contributed by atoms with Crippen LogP contribution in [-0.2, 0) is 0 Å². The van der Waals surface area contributed by atoms with Gasteiger partial charge in [-0.05, 0) is 49.2 Å². The zero-order valence-electron chi connectivity index (χ0n) is 10.6. The smallest absolute Gasteiger partial charge is 0.120 e. The zero-order valence-corrected chi connectivity index (χ0v) is 10.6. The van der Waals surface area contributed by atoms with Crippen molar-refractivity contribution in [1.82, 2.24) is 4.98 Å². The first-order valence-corrected chi connectivity index (χ1v) is 6.01. The molecule has 0 fully saturated rings. The number of nitrogens with zero attached hydrogens (tertiary/aromatic N) is 1. The van der Waals surface area contributed by atoms with Crippen molar-refractivity contribution in [1.29, 1.82) is 0 Å². The van der Waals surface area contributed by atoms with E-state index in [1.807, 2.05) is 38.1 Å². The highest BCUT2D eigenvalue weighted by Gasteiger charge is 2.11. The summed E-state index contributed by atoms with van der Waals surface area (Å²) in [4.78, 5) is 3.94. The minimum absolute atomic E-state index is 0.123. The molecule has 0 spiro atoms. The fourth-order valence-electron chi connectivity index (χ4n) is 1.77. The Bertz CT molecular complexity index is 497. The van der Waals surface area contributed by atoms with Gasteiger partial charge in [0, 0.05) is 12.4 Å². The van der Waals surface area contributed by atoms with Crippen molar-refractivity contribution >= 4 is 0 Å². The minimum atomic E-state index is -0.649. The molecule has 1 aromatic carbocycles. The summed E-state index contributed by atoms with van der Waals surface area (Å²) in [6, 6.07) is 11.1. The van der Waals surface area contributed by atoms with Gasteiger partial charge < -0.3 is 9.84 Å². The third-order valence-electron chi connectivity index (χ3n) is 2.57. The van der Waals surface area contributed by atoms with Crippen LogP contribution in [0.3, 0.4) is 0 Å². The maximum absolute atomic E-state index is 10.3. The first kappa shape index (κ1) is 12.6. The molecule has 0 radical (unpaired) electrons. The van der Waals surface area contributed by atoms with Crippen molar-refractivity contribution in [2.45, 2.75) is 26.1 Å². The summed E-state index contributed by atoms with van der Waals surface area (Å²) in [5, 5.41) is 10.3. The van der Waals surface area contributed by atoms with E-state index in [1.165, 1.54) is 0 Å². The van der Waals surface area contributed by atoms with Gasteiger partial charge in [-0.3, -0.25) is 4.98 Å². The van der Waals surface area contributed by atoms with Crippen molar-refractivity contribution in [2.24, 2.45) is 0 Å². The maximum atomic E-state index is 10.3. The van der Waals surface area contributed by atoms with E-state index >= 15 is 0 Å². The van der Waals surface area contributed by atoms with E-state index in [2.05, 4.69) is 4.98 Å². The standard InChI is InChI=1S/C15H17NO2/c1-11(2)18-14-5-3-4-13(10-14)15(17)12-6-8-16-9-7-12/h3-11,15,17H,1-2H3. The quantitative estimate of drug-likeness (QED) is 0.897. The maximum Gasteiger partial charge on any atom is 0.120 e. The second kappa shape index (κ2) is 5.65. The number of ether oxygens (including phenoxy) is 1. The predicted molar refractivity (Wildman–Crippen MR) is 70.5 cm³/mol. The number of aliphatic hydroxyl groups is 1. The van der Waals surface area contributed by atoms with Crippen molar-refractivity contribution in [2.75, 3.05) is 0 Å². The number of benzene rings is 1. The second-order valence-corrected chi connectivity index (χ2v) is 4.42. The van der Waals surface area contributed by atoms with E-state index in [0.717, 1.165) is 16.9 Å². The van der Waals surface area contributed by atoms with Crippen LogP contribution in [0.5, 0.6) is 5.75 Å². The molecule has 0 saturated carbocycles. The second-order valence-electron chi connectivity index (χ2n) is 4.42. The summed E-state index contributed by atoms with van der Waals surface area (Å²) in [5.74, 6) is 0.774. The van der Waals surface area contributed by atoms with E-state index in [1.54, 1.807) is 24.5 Å². The van der Waals surface area contributed by atoms with E-state index in [4.69, 9.17) is 4.74 Å². The number of rotatable bonds is 4. The number of aromatic nitrogens is 1. The first-order chi connectivity index (χ1) is 8.66. The van der Waals surface area contributed by atoms with Gasteiger partial charge in [0.05, 0.1) is 6.10 Å². The van der Waals surface area contributed by atoms with E-state index < -0.39 is 6.10 Å². The van der Waals surface area contributed by atoms with E-state index in [9.17, 15) is 5.11 Å². The van der Waals surface area contributed by atoms with Gasteiger partial charge in [0.2, 0.25) is 0 Å². The van der Waals surface area contributed by atoms with Crippen LogP contribution in [0.1, 0.15) is 31.1 Å². The van der Waals surface area contributed by atoms with Gasteiger partial charge >= 0.3 is 0 Å². The average molecular weight is 243 g/mol. The molecule has 1 atom stereocenters. The first-order valence-electron chi connectivity index (χ1n) is 6.01. The Balaban J connectivity index is 2.23. The molecule has 0 amide bonds. The van der Waals surface area contributed by atoms with Crippen LogP contribution in [0.25, 0.3) is 0 Å². The molecule has 2 rings (SSSR count). The fraction of sp³-hybridized carbons (Fsp3) is 0.267. The van der Waals surface area contributed by atoms with Gasteiger partial charge in [-0.1, -0.05) is 12.1 Å². The molecule has 0 aliphatic heterocycles. The summed E-state index contributed by atoms with van der Waals surface area (Å²) < 4.78 is 5.62. The van der Waals surface area contributed by atoms with Gasteiger partial charge in [-0.25, -0.2) is 0 Å². The molecule has 18 heavy (non-hydrogen) atoms. The molecule has 1 aromatic heterocycles. The fourth-order valence-corrected chi connectivity index (χ4v) is 1.77. The lowest BCUT2D eigenvalue weighted by Crippen LogP contribution is -2.06. The van der Waals surface area contributed by atoms with Crippen molar-refractivity contribution in [3.63, 3.8) is 0 Å². The Morgan fingerprint density at radius 1 is 1.06 bits per heavy atom. The van der Waals surface area contributed by atoms with Crippen molar-refractivity contribution < 1.29 is 9.84 Å². The summed E-state index contributed by atoms with van der Waals surface area (Å²) in [6.45, 7) is 3.96. The molecule has 0 saturated heterocycles. The molecule has 2 aromatic rings. The molecular formula is C15H17NO2. The minimum Gasteiger partial charge on any atom is -0.491 e. The predicted octanol–water partition coefficient (Wildman–Crippen LogP) is 2.95. The highest BCUT2D eigenvalue weighted by Crippen LogP contribution is 2.25. The lowest BCUT2D eigenvalue weighted by Gasteiger charge is -2.14. The van der Waals surface area contributed by atoms with E-state index in [0.29, 0.717) is 0 Å². The number of hydrogen-bond acceptors (Lipinski definition) is 3. The summed E-state index contributed by atoms with van der Waals surface area (Å²) >= 11 is 0. The number of aliphatic hydroxyl groups excluding tert-OH is 1. The summed E-state index contributed by atoms with van der Waals surface area (Å²) in [7, 11) is 0. The topological polar surface area (TPSA) is 42.4 Å². The van der Waals surface area contributed by atoms with Crippen LogP contribution in [0.15, 0.2) is 48.8 Å². The third kappa shape index (κ3) is 3.08. The summed E-state index contributed by atoms with van der Waals surface area (Å²) in [5.41, 5.74) is 1.64. The van der Waals surface area contributed by atoms with Crippen molar-refractivity contribution in [3.05, 3.63) is 59.9 Å². The SMILES string of the molecule is CC(C)Oc1cccc(C(O)c2ccncc2)c1. The molecule has 1 heterocycles. The lowest BCUT2D eigenvalue weighted by molar-refractivity contribution is 0.216. The highest BCUT2D eigenvalue weighted by molar-refractivity contribution is 5.34. The van der Waals surface area contributed by atoms with Crippen LogP contribution >= 0.6 is 0 Å². The monoisotopic (exact) mass is 243 g/mol. The largest absolute Gasteiger partial charge is 0.491 e. The Morgan fingerprint density at radius 3 is 2.44 bits per heavy atom. The molecule has 94 valence electrons. The Morgan fingerprint density at radius 2 is 1.78 bits per heavy atom. The van der Waals surface area contributed by atoms with Crippen LogP contribution in [0.4, 0.5) is 0 Å². The summed E-state index contributed by atoms with van der Waals surface area (Å²) in [6.07, 6.45) is 2.82. The molecule has 1 unspecified atom stereocenters. The van der Waals surface area contributed by atoms with Gasteiger partial charge in [-0.15, -0.1) is 0 Å². The van der Waals surface area contributed by atoms with Gasteiger partial charge in [0.15, 0.2) is 0 Å². The normalized spacial score (nSPS) is 12.4. The van der Waals surface area contributed by atoms with E-state index in [-0.39, 0.29) is 6.10 Å². The lowest BCUT2D eigenvalue weighted by atomic mass is 10.0.